The van der Waals surface area contributed by atoms with E-state index in [0.717, 1.165) is 12.8 Å². The number of carbonyl (C=O) groups excluding carboxylic acids is 1. The van der Waals surface area contributed by atoms with Crippen molar-refractivity contribution in [2.45, 2.75) is 56.9 Å². The number of halogens is 4. The highest BCUT2D eigenvalue weighted by molar-refractivity contribution is 5.83. The highest BCUT2D eigenvalue weighted by Gasteiger charge is 2.48. The lowest BCUT2D eigenvalue weighted by molar-refractivity contribution is -0.169. The zero-order valence-electron chi connectivity index (χ0n) is 11.7. The van der Waals surface area contributed by atoms with Gasteiger partial charge in [0, 0.05) is 12.6 Å². The Labute approximate surface area is 116 Å². The molecule has 0 aliphatic heterocycles. The van der Waals surface area contributed by atoms with E-state index in [-0.39, 0.29) is 6.54 Å². The van der Waals surface area contributed by atoms with E-state index >= 15 is 0 Å². The van der Waals surface area contributed by atoms with Crippen LogP contribution < -0.4 is 5.32 Å². The highest BCUT2D eigenvalue weighted by atomic mass is 19.3. The van der Waals surface area contributed by atoms with Crippen LogP contribution in [0.25, 0.3) is 0 Å². The van der Waals surface area contributed by atoms with E-state index in [2.05, 4.69) is 4.90 Å². The maximum absolute atomic E-state index is 12.6. The topological polar surface area (TPSA) is 32.3 Å². The Morgan fingerprint density at radius 2 is 1.90 bits per heavy atom. The van der Waals surface area contributed by atoms with Crippen LogP contribution in [0.4, 0.5) is 17.6 Å². The van der Waals surface area contributed by atoms with Crippen molar-refractivity contribution in [1.29, 1.82) is 0 Å². The third-order valence-electron chi connectivity index (χ3n) is 3.75. The summed E-state index contributed by atoms with van der Waals surface area (Å²) in [5, 5.41) is 1.87. The number of carbonyl (C=O) groups is 1. The van der Waals surface area contributed by atoms with Gasteiger partial charge in [-0.05, 0) is 32.9 Å². The van der Waals surface area contributed by atoms with Gasteiger partial charge in [0.15, 0.2) is 0 Å². The molecule has 118 valence electrons. The van der Waals surface area contributed by atoms with Crippen LogP contribution in [0.1, 0.15) is 38.5 Å². The molecule has 0 aromatic heterocycles. The molecule has 0 aromatic carbocycles. The van der Waals surface area contributed by atoms with Gasteiger partial charge in [0.2, 0.25) is 0 Å². The predicted molar refractivity (Wildman–Crippen MR) is 68.1 cm³/mol. The molecule has 0 unspecified atom stereocenters. The van der Waals surface area contributed by atoms with Crippen LogP contribution in [0, 0.1) is 0 Å². The molecule has 20 heavy (non-hydrogen) atoms. The molecule has 0 bridgehead atoms. The summed E-state index contributed by atoms with van der Waals surface area (Å²) in [5.74, 6) is -6.50. The first-order valence-corrected chi connectivity index (χ1v) is 7.00. The minimum atomic E-state index is -4.60. The summed E-state index contributed by atoms with van der Waals surface area (Å²) in [7, 11) is 1.96. The Kier molecular flexibility index (Phi) is 6.71. The van der Waals surface area contributed by atoms with Gasteiger partial charge in [0.25, 0.3) is 5.91 Å². The molecule has 1 N–H and O–H groups in total. The first-order chi connectivity index (χ1) is 9.35. The molecule has 3 nitrogen and oxygen atoms in total. The maximum Gasteiger partial charge on any atom is 0.383 e. The lowest BCUT2D eigenvalue weighted by atomic mass is 9.94. The Bertz CT molecular complexity index is 307. The van der Waals surface area contributed by atoms with Crippen molar-refractivity contribution >= 4 is 5.91 Å². The van der Waals surface area contributed by atoms with Crippen molar-refractivity contribution in [2.75, 3.05) is 20.1 Å². The molecule has 7 heteroatoms. The summed E-state index contributed by atoms with van der Waals surface area (Å²) >= 11 is 0. The van der Waals surface area contributed by atoms with Gasteiger partial charge >= 0.3 is 12.3 Å². The van der Waals surface area contributed by atoms with Gasteiger partial charge < -0.3 is 10.2 Å². The average molecular weight is 298 g/mol. The third-order valence-corrected chi connectivity index (χ3v) is 3.75. The lowest BCUT2D eigenvalue weighted by Gasteiger charge is -2.31. The molecule has 0 atom stereocenters. The second-order valence-corrected chi connectivity index (χ2v) is 5.31. The molecule has 1 aliphatic carbocycles. The zero-order valence-corrected chi connectivity index (χ0v) is 11.7. The average Bonchev–Trinajstić information content (AvgIpc) is 2.43. The van der Waals surface area contributed by atoms with Crippen molar-refractivity contribution in [3.63, 3.8) is 0 Å². The van der Waals surface area contributed by atoms with Crippen molar-refractivity contribution in [3.8, 4) is 0 Å². The number of amides is 1. The molecule has 1 amide bonds. The second-order valence-electron chi connectivity index (χ2n) is 5.31. The molecular weight excluding hydrogens is 276 g/mol. The molecule has 1 aliphatic rings. The predicted octanol–water partition coefficient (Wildman–Crippen LogP) is 2.66. The number of hydrogen-bond donors (Lipinski definition) is 1. The number of alkyl halides is 4. The smallest absolute Gasteiger partial charge is 0.351 e. The summed E-state index contributed by atoms with van der Waals surface area (Å²) in [5.41, 5.74) is 0. The second kappa shape index (κ2) is 7.81. The van der Waals surface area contributed by atoms with Crippen molar-refractivity contribution in [2.24, 2.45) is 0 Å². The van der Waals surface area contributed by atoms with E-state index in [9.17, 15) is 22.4 Å². The third kappa shape index (κ3) is 4.92. The summed E-state index contributed by atoms with van der Waals surface area (Å²) in [6.07, 6.45) is 2.42. The molecule has 1 saturated carbocycles. The minimum absolute atomic E-state index is 0.0157. The molecule has 0 spiro atoms. The molecule has 1 rings (SSSR count). The SMILES string of the molecule is CN(CCCNC(=O)C(F)(F)C(F)F)C1CCCCC1. The van der Waals surface area contributed by atoms with Crippen molar-refractivity contribution < 1.29 is 22.4 Å². The standard InChI is InChI=1S/C13H22F4N2O/c1-19(10-6-3-2-4-7-10)9-5-8-18-12(20)13(16,17)11(14)15/h10-11H,2-9H2,1H3,(H,18,20). The van der Waals surface area contributed by atoms with E-state index in [1.165, 1.54) is 19.3 Å². The maximum atomic E-state index is 12.6. The van der Waals surface area contributed by atoms with Crippen LogP contribution in [0.2, 0.25) is 0 Å². The quantitative estimate of drug-likeness (QED) is 0.579. The van der Waals surface area contributed by atoms with E-state index in [0.29, 0.717) is 19.0 Å². The summed E-state index contributed by atoms with van der Waals surface area (Å²) in [6, 6.07) is 0.502. The molecule has 0 aromatic rings. The Morgan fingerprint density at radius 3 is 2.45 bits per heavy atom. The van der Waals surface area contributed by atoms with Gasteiger partial charge in [-0.2, -0.15) is 8.78 Å². The number of nitrogens with one attached hydrogen (secondary N) is 1. The van der Waals surface area contributed by atoms with Crippen LogP contribution >= 0.6 is 0 Å². The lowest BCUT2D eigenvalue weighted by Crippen LogP contribution is -2.46. The Hall–Kier alpha value is -0.850. The van der Waals surface area contributed by atoms with Gasteiger partial charge in [0.1, 0.15) is 0 Å². The first kappa shape index (κ1) is 17.2. The molecule has 0 heterocycles. The molecule has 0 saturated heterocycles. The van der Waals surface area contributed by atoms with E-state index in [1.54, 1.807) is 0 Å². The monoisotopic (exact) mass is 298 g/mol. The van der Waals surface area contributed by atoms with E-state index < -0.39 is 18.3 Å². The fourth-order valence-electron chi connectivity index (χ4n) is 2.45. The van der Waals surface area contributed by atoms with Crippen LogP contribution in [-0.4, -0.2) is 49.3 Å². The zero-order chi connectivity index (χ0) is 15.2. The van der Waals surface area contributed by atoms with E-state index in [4.69, 9.17) is 0 Å². The fraction of sp³-hybridized carbons (Fsp3) is 0.923. The largest absolute Gasteiger partial charge is 0.383 e. The molecular formula is C13H22F4N2O. The van der Waals surface area contributed by atoms with Crippen LogP contribution in [0.5, 0.6) is 0 Å². The number of rotatable bonds is 7. The fourth-order valence-corrected chi connectivity index (χ4v) is 2.45. The normalized spacial score (nSPS) is 17.8. The van der Waals surface area contributed by atoms with Crippen molar-refractivity contribution in [1.82, 2.24) is 10.2 Å². The summed E-state index contributed by atoms with van der Waals surface area (Å²) < 4.78 is 49.1. The van der Waals surface area contributed by atoms with Crippen LogP contribution in [0.3, 0.4) is 0 Å². The van der Waals surface area contributed by atoms with Gasteiger partial charge in [-0.15, -0.1) is 0 Å². The highest BCUT2D eigenvalue weighted by Crippen LogP contribution is 2.23. The minimum Gasteiger partial charge on any atom is -0.351 e. The number of hydrogen-bond acceptors (Lipinski definition) is 2. The van der Waals surface area contributed by atoms with Gasteiger partial charge in [-0.3, -0.25) is 4.79 Å². The summed E-state index contributed by atoms with van der Waals surface area (Å²) in [6.45, 7) is 0.642. The van der Waals surface area contributed by atoms with Crippen molar-refractivity contribution in [3.05, 3.63) is 0 Å². The first-order valence-electron chi connectivity index (χ1n) is 7.00. The Morgan fingerprint density at radius 1 is 1.30 bits per heavy atom. The van der Waals surface area contributed by atoms with Gasteiger partial charge in [-0.25, -0.2) is 8.78 Å². The van der Waals surface area contributed by atoms with Gasteiger partial charge in [0.05, 0.1) is 0 Å². The summed E-state index contributed by atoms with van der Waals surface area (Å²) in [4.78, 5) is 13.0. The molecule has 1 fully saturated rings. The Balaban J connectivity index is 2.19. The van der Waals surface area contributed by atoms with Gasteiger partial charge in [-0.1, -0.05) is 19.3 Å². The van der Waals surface area contributed by atoms with E-state index in [1.807, 2.05) is 12.4 Å². The van der Waals surface area contributed by atoms with Crippen LogP contribution in [0.15, 0.2) is 0 Å². The van der Waals surface area contributed by atoms with Crippen LogP contribution in [-0.2, 0) is 4.79 Å². The molecule has 0 radical (unpaired) electrons. The number of nitrogens with zero attached hydrogens (tertiary/aromatic N) is 1.